The van der Waals surface area contributed by atoms with Crippen LogP contribution in [-0.2, 0) is 4.74 Å². The van der Waals surface area contributed by atoms with E-state index in [9.17, 15) is 5.11 Å². The molecule has 1 fully saturated rings. The standard InChI is InChI=1S/C22H40O2/c1-4-22(23,5-2)18-13-19-24-20(3)14-9-6-7-10-15-21-16-11-8-12-17-21/h7,10,15,20,23H,4-6,8-9,11-14,16-19H2,1-3H3/t20-/m1/s1. The van der Waals surface area contributed by atoms with Crippen molar-refractivity contribution in [3.8, 4) is 0 Å². The minimum absolute atomic E-state index is 0.325. The summed E-state index contributed by atoms with van der Waals surface area (Å²) >= 11 is 0. The molecule has 0 aromatic rings. The first-order valence-corrected chi connectivity index (χ1v) is 10.3. The first-order chi connectivity index (χ1) is 11.6. The van der Waals surface area contributed by atoms with Crippen LogP contribution in [0.5, 0.6) is 0 Å². The Morgan fingerprint density at radius 1 is 1.12 bits per heavy atom. The molecule has 0 amide bonds. The lowest BCUT2D eigenvalue weighted by molar-refractivity contribution is 0.00226. The smallest absolute Gasteiger partial charge is 0.0643 e. The summed E-state index contributed by atoms with van der Waals surface area (Å²) in [6.07, 6.45) is 20.9. The molecule has 0 unspecified atom stereocenters. The van der Waals surface area contributed by atoms with Gasteiger partial charge in [-0.05, 0) is 77.6 Å². The molecule has 1 N–H and O–H groups in total. The molecular formula is C22H40O2. The fourth-order valence-corrected chi connectivity index (χ4v) is 3.37. The van der Waals surface area contributed by atoms with Crippen LogP contribution >= 0.6 is 0 Å². The molecule has 1 aliphatic rings. The molecule has 2 heteroatoms. The van der Waals surface area contributed by atoms with Gasteiger partial charge in [-0.2, -0.15) is 0 Å². The second-order valence-electron chi connectivity index (χ2n) is 7.46. The van der Waals surface area contributed by atoms with Crippen LogP contribution in [0, 0.1) is 0 Å². The van der Waals surface area contributed by atoms with Crippen LogP contribution in [0.2, 0.25) is 0 Å². The van der Waals surface area contributed by atoms with Crippen molar-refractivity contribution in [1.82, 2.24) is 0 Å². The normalized spacial score (nSPS) is 17.4. The molecule has 0 aromatic heterocycles. The molecule has 0 spiro atoms. The topological polar surface area (TPSA) is 29.5 Å². The van der Waals surface area contributed by atoms with Crippen molar-refractivity contribution in [2.45, 2.75) is 110 Å². The maximum absolute atomic E-state index is 10.2. The van der Waals surface area contributed by atoms with Gasteiger partial charge in [-0.3, -0.25) is 0 Å². The summed E-state index contributed by atoms with van der Waals surface area (Å²) in [5.41, 5.74) is 1.15. The van der Waals surface area contributed by atoms with E-state index in [1.807, 2.05) is 0 Å². The summed E-state index contributed by atoms with van der Waals surface area (Å²) in [5.74, 6) is 0. The monoisotopic (exact) mass is 336 g/mol. The number of unbranched alkanes of at least 4 members (excludes halogenated alkanes) is 1. The number of hydrogen-bond donors (Lipinski definition) is 1. The summed E-state index contributed by atoms with van der Waals surface area (Å²) in [5, 5.41) is 10.2. The molecule has 0 saturated heterocycles. The summed E-state index contributed by atoms with van der Waals surface area (Å²) < 4.78 is 5.88. The van der Waals surface area contributed by atoms with Crippen LogP contribution in [0.1, 0.15) is 97.8 Å². The van der Waals surface area contributed by atoms with Gasteiger partial charge in [-0.25, -0.2) is 0 Å². The molecule has 0 heterocycles. The van der Waals surface area contributed by atoms with Crippen molar-refractivity contribution >= 4 is 0 Å². The minimum Gasteiger partial charge on any atom is -0.390 e. The fraction of sp³-hybridized carbons (Fsp3) is 0.818. The van der Waals surface area contributed by atoms with Crippen LogP contribution in [0.4, 0.5) is 0 Å². The van der Waals surface area contributed by atoms with E-state index in [1.54, 1.807) is 5.57 Å². The quantitative estimate of drug-likeness (QED) is 0.421. The molecule has 24 heavy (non-hydrogen) atoms. The Labute approximate surface area is 150 Å². The summed E-state index contributed by atoms with van der Waals surface area (Å²) in [7, 11) is 0. The molecule has 0 bridgehead atoms. The largest absolute Gasteiger partial charge is 0.390 e. The van der Waals surface area contributed by atoms with Crippen LogP contribution in [0.25, 0.3) is 0 Å². The highest BCUT2D eigenvalue weighted by Crippen LogP contribution is 2.23. The lowest BCUT2D eigenvalue weighted by atomic mass is 9.92. The van der Waals surface area contributed by atoms with Gasteiger partial charge >= 0.3 is 0 Å². The molecule has 2 nitrogen and oxygen atoms in total. The molecule has 1 aliphatic carbocycles. The highest BCUT2D eigenvalue weighted by Gasteiger charge is 2.21. The zero-order chi connectivity index (χ0) is 17.7. The van der Waals surface area contributed by atoms with E-state index >= 15 is 0 Å². The lowest BCUT2D eigenvalue weighted by Gasteiger charge is -2.25. The van der Waals surface area contributed by atoms with Gasteiger partial charge in [0.05, 0.1) is 11.7 Å². The first-order valence-electron chi connectivity index (χ1n) is 10.3. The van der Waals surface area contributed by atoms with E-state index in [-0.39, 0.29) is 0 Å². The van der Waals surface area contributed by atoms with Crippen LogP contribution in [-0.4, -0.2) is 23.4 Å². The third-order valence-corrected chi connectivity index (χ3v) is 5.45. The fourth-order valence-electron chi connectivity index (χ4n) is 3.37. The van der Waals surface area contributed by atoms with Crippen molar-refractivity contribution < 1.29 is 9.84 Å². The lowest BCUT2D eigenvalue weighted by Crippen LogP contribution is -2.27. The average Bonchev–Trinajstić information content (AvgIpc) is 2.62. The van der Waals surface area contributed by atoms with Crippen LogP contribution < -0.4 is 0 Å². The van der Waals surface area contributed by atoms with E-state index < -0.39 is 5.60 Å². The van der Waals surface area contributed by atoms with E-state index in [4.69, 9.17) is 4.74 Å². The van der Waals surface area contributed by atoms with E-state index in [0.29, 0.717) is 6.10 Å². The summed E-state index contributed by atoms with van der Waals surface area (Å²) in [4.78, 5) is 0. The molecule has 1 rings (SSSR count). The molecule has 1 atom stereocenters. The van der Waals surface area contributed by atoms with E-state index in [2.05, 4.69) is 39.0 Å². The average molecular weight is 337 g/mol. The maximum Gasteiger partial charge on any atom is 0.0643 e. The van der Waals surface area contributed by atoms with Crippen molar-refractivity contribution in [2.75, 3.05) is 6.61 Å². The number of aliphatic hydroxyl groups is 1. The molecule has 0 radical (unpaired) electrons. The Morgan fingerprint density at radius 2 is 1.83 bits per heavy atom. The maximum atomic E-state index is 10.2. The zero-order valence-corrected chi connectivity index (χ0v) is 16.4. The first kappa shape index (κ1) is 21.4. The van der Waals surface area contributed by atoms with Crippen molar-refractivity contribution in [3.63, 3.8) is 0 Å². The van der Waals surface area contributed by atoms with Gasteiger partial charge < -0.3 is 9.84 Å². The van der Waals surface area contributed by atoms with Gasteiger partial charge in [-0.1, -0.05) is 44.1 Å². The molecule has 0 aromatic carbocycles. The predicted octanol–water partition coefficient (Wildman–Crippen LogP) is 6.34. The zero-order valence-electron chi connectivity index (χ0n) is 16.4. The van der Waals surface area contributed by atoms with E-state index in [1.165, 1.54) is 38.5 Å². The van der Waals surface area contributed by atoms with Crippen LogP contribution in [0.15, 0.2) is 23.8 Å². The van der Waals surface area contributed by atoms with Gasteiger partial charge in [0.15, 0.2) is 0 Å². The highest BCUT2D eigenvalue weighted by atomic mass is 16.5. The molecule has 0 aliphatic heterocycles. The second kappa shape index (κ2) is 12.7. The Balaban J connectivity index is 2.02. The Hall–Kier alpha value is -0.600. The minimum atomic E-state index is -0.482. The van der Waals surface area contributed by atoms with Crippen molar-refractivity contribution in [1.29, 1.82) is 0 Å². The summed E-state index contributed by atoms with van der Waals surface area (Å²) in [6, 6.07) is 0. The number of hydrogen-bond acceptors (Lipinski definition) is 2. The molecular weight excluding hydrogens is 296 g/mol. The van der Waals surface area contributed by atoms with Gasteiger partial charge in [0.25, 0.3) is 0 Å². The number of ether oxygens (including phenoxy) is 1. The predicted molar refractivity (Wildman–Crippen MR) is 104 cm³/mol. The van der Waals surface area contributed by atoms with Crippen LogP contribution in [0.3, 0.4) is 0 Å². The van der Waals surface area contributed by atoms with Gasteiger partial charge in [0.1, 0.15) is 0 Å². The Kier molecular flexibility index (Phi) is 11.4. The summed E-state index contributed by atoms with van der Waals surface area (Å²) in [6.45, 7) is 7.06. The SMILES string of the molecule is CCC(O)(CC)CCCO[C@H](C)CCCC=CC=C1CCCCC1. The molecule has 1 saturated carbocycles. The Morgan fingerprint density at radius 3 is 2.50 bits per heavy atom. The number of rotatable bonds is 12. The third-order valence-electron chi connectivity index (χ3n) is 5.45. The van der Waals surface area contributed by atoms with Gasteiger partial charge in [0, 0.05) is 6.61 Å². The van der Waals surface area contributed by atoms with Gasteiger partial charge in [0.2, 0.25) is 0 Å². The van der Waals surface area contributed by atoms with E-state index in [0.717, 1.165) is 45.1 Å². The third kappa shape index (κ3) is 9.64. The Bertz CT molecular complexity index is 358. The van der Waals surface area contributed by atoms with Crippen molar-refractivity contribution in [2.24, 2.45) is 0 Å². The number of allylic oxidation sites excluding steroid dienone is 4. The van der Waals surface area contributed by atoms with Gasteiger partial charge in [-0.15, -0.1) is 0 Å². The van der Waals surface area contributed by atoms with Crippen molar-refractivity contribution in [3.05, 3.63) is 23.8 Å². The molecule has 140 valence electrons. The highest BCUT2D eigenvalue weighted by molar-refractivity contribution is 5.13. The second-order valence-corrected chi connectivity index (χ2v) is 7.46.